The number of nitrogens with one attached hydrogen (secondary N) is 1. The summed E-state index contributed by atoms with van der Waals surface area (Å²) in [5.41, 5.74) is 2.04. The number of hydrogen-bond donors (Lipinski definition) is 1. The second kappa shape index (κ2) is 4.92. The molecule has 1 aromatic rings. The van der Waals surface area contributed by atoms with Crippen LogP contribution in [0.15, 0.2) is 6.20 Å². The molecule has 2 rings (SSSR count). The van der Waals surface area contributed by atoms with Gasteiger partial charge in [0.15, 0.2) is 0 Å². The fraction of sp³-hybridized carbons (Fsp3) is 0.615. The van der Waals surface area contributed by atoms with Gasteiger partial charge in [-0.1, -0.05) is 13.8 Å². The molecule has 0 aliphatic carbocycles. The van der Waals surface area contributed by atoms with E-state index in [1.807, 2.05) is 27.1 Å². The number of amides is 2. The van der Waals surface area contributed by atoms with Gasteiger partial charge in [0.05, 0.1) is 5.69 Å². The summed E-state index contributed by atoms with van der Waals surface area (Å²) >= 11 is 0. The van der Waals surface area contributed by atoms with Crippen LogP contribution < -0.4 is 5.32 Å². The third kappa shape index (κ3) is 2.17. The second-order valence-electron chi connectivity index (χ2n) is 4.80. The third-order valence-electron chi connectivity index (χ3n) is 3.60. The summed E-state index contributed by atoms with van der Waals surface area (Å²) in [6, 6.07) is 0. The largest absolute Gasteiger partial charge is 0.296 e. The van der Waals surface area contributed by atoms with E-state index in [0.29, 0.717) is 6.42 Å². The molecule has 0 spiro atoms. The molecule has 1 saturated heterocycles. The minimum Gasteiger partial charge on any atom is -0.296 e. The van der Waals surface area contributed by atoms with Gasteiger partial charge in [0, 0.05) is 31.5 Å². The maximum atomic E-state index is 11.9. The highest BCUT2D eigenvalue weighted by atomic mass is 16.2. The number of aromatic nitrogens is 2. The summed E-state index contributed by atoms with van der Waals surface area (Å²) in [6.45, 7) is 4.02. The SMILES string of the molecule is CCc1nn(C)cc1C1CC(=O)NC(=O)C1CC. The third-order valence-corrected chi connectivity index (χ3v) is 3.60. The van der Waals surface area contributed by atoms with Crippen molar-refractivity contribution in [2.24, 2.45) is 13.0 Å². The van der Waals surface area contributed by atoms with Gasteiger partial charge in [0.1, 0.15) is 0 Å². The lowest BCUT2D eigenvalue weighted by Crippen LogP contribution is -2.44. The first-order chi connectivity index (χ1) is 8.56. The van der Waals surface area contributed by atoms with Crippen LogP contribution in [0.3, 0.4) is 0 Å². The van der Waals surface area contributed by atoms with Gasteiger partial charge in [0.25, 0.3) is 0 Å². The second-order valence-corrected chi connectivity index (χ2v) is 4.80. The number of aryl methyl sites for hydroxylation is 2. The number of piperidine rings is 1. The smallest absolute Gasteiger partial charge is 0.230 e. The number of hydrogen-bond acceptors (Lipinski definition) is 3. The Balaban J connectivity index is 2.39. The zero-order valence-electron chi connectivity index (χ0n) is 11.1. The van der Waals surface area contributed by atoms with Crippen LogP contribution in [0, 0.1) is 5.92 Å². The molecule has 2 amide bonds. The topological polar surface area (TPSA) is 64.0 Å². The van der Waals surface area contributed by atoms with Crippen molar-refractivity contribution in [1.29, 1.82) is 0 Å². The van der Waals surface area contributed by atoms with E-state index in [4.69, 9.17) is 0 Å². The maximum absolute atomic E-state index is 11.9. The fourth-order valence-corrected chi connectivity index (χ4v) is 2.74. The summed E-state index contributed by atoms with van der Waals surface area (Å²) < 4.78 is 1.76. The normalized spacial score (nSPS) is 24.2. The number of rotatable bonds is 3. The first kappa shape index (κ1) is 12.8. The molecule has 0 aromatic carbocycles. The highest BCUT2D eigenvalue weighted by Crippen LogP contribution is 2.35. The first-order valence-electron chi connectivity index (χ1n) is 6.42. The molecule has 0 radical (unpaired) electrons. The van der Waals surface area contributed by atoms with Crippen LogP contribution in [0.1, 0.15) is 43.9 Å². The molecule has 1 aliphatic heterocycles. The Hall–Kier alpha value is -1.65. The lowest BCUT2D eigenvalue weighted by atomic mass is 9.79. The molecule has 1 aliphatic rings. The predicted molar refractivity (Wildman–Crippen MR) is 66.9 cm³/mol. The summed E-state index contributed by atoms with van der Waals surface area (Å²) in [5, 5.41) is 6.82. The van der Waals surface area contributed by atoms with Crippen molar-refractivity contribution in [2.75, 3.05) is 0 Å². The predicted octanol–water partition coefficient (Wildman–Crippen LogP) is 1.14. The molecule has 1 aromatic heterocycles. The molecule has 1 N–H and O–H groups in total. The fourth-order valence-electron chi connectivity index (χ4n) is 2.74. The van der Waals surface area contributed by atoms with Gasteiger partial charge in [-0.15, -0.1) is 0 Å². The summed E-state index contributed by atoms with van der Waals surface area (Å²) in [5.74, 6) is -0.484. The Labute approximate surface area is 107 Å². The van der Waals surface area contributed by atoms with E-state index in [1.54, 1.807) is 4.68 Å². The quantitative estimate of drug-likeness (QED) is 0.817. The summed E-state index contributed by atoms with van der Waals surface area (Å²) in [6.07, 6.45) is 3.88. The first-order valence-corrected chi connectivity index (χ1v) is 6.42. The van der Waals surface area contributed by atoms with Gasteiger partial charge in [-0.25, -0.2) is 0 Å². The number of carbonyl (C=O) groups excluding carboxylic acids is 2. The zero-order valence-corrected chi connectivity index (χ0v) is 11.1. The van der Waals surface area contributed by atoms with Gasteiger partial charge in [0.2, 0.25) is 11.8 Å². The molecule has 98 valence electrons. The van der Waals surface area contributed by atoms with Gasteiger partial charge < -0.3 is 0 Å². The van der Waals surface area contributed by atoms with Crippen LogP contribution in [0.25, 0.3) is 0 Å². The van der Waals surface area contributed by atoms with Crippen molar-refractivity contribution in [3.63, 3.8) is 0 Å². The number of carbonyl (C=O) groups is 2. The average Bonchev–Trinajstić information content (AvgIpc) is 2.69. The Bertz CT molecular complexity index is 479. The van der Waals surface area contributed by atoms with Gasteiger partial charge in [-0.2, -0.15) is 5.10 Å². The molecule has 2 unspecified atom stereocenters. The molecular weight excluding hydrogens is 230 g/mol. The van der Waals surface area contributed by atoms with Crippen molar-refractivity contribution in [2.45, 2.75) is 39.0 Å². The van der Waals surface area contributed by atoms with Crippen molar-refractivity contribution in [3.05, 3.63) is 17.5 Å². The minimum atomic E-state index is -0.180. The zero-order chi connectivity index (χ0) is 13.3. The van der Waals surface area contributed by atoms with Gasteiger partial charge in [-0.05, 0) is 18.4 Å². The molecule has 2 atom stereocenters. The molecule has 5 nitrogen and oxygen atoms in total. The van der Waals surface area contributed by atoms with E-state index in [0.717, 1.165) is 24.1 Å². The van der Waals surface area contributed by atoms with Gasteiger partial charge in [-0.3, -0.25) is 19.6 Å². The van der Waals surface area contributed by atoms with E-state index < -0.39 is 0 Å². The Morgan fingerprint density at radius 3 is 2.78 bits per heavy atom. The van der Waals surface area contributed by atoms with Crippen molar-refractivity contribution in [1.82, 2.24) is 15.1 Å². The standard InChI is InChI=1S/C13H19N3O2/c1-4-8-9(6-12(17)14-13(8)18)10-7-16(3)15-11(10)5-2/h7-9H,4-6H2,1-3H3,(H,14,17,18). The van der Waals surface area contributed by atoms with Crippen LogP contribution >= 0.6 is 0 Å². The van der Waals surface area contributed by atoms with Crippen LogP contribution in [-0.2, 0) is 23.1 Å². The van der Waals surface area contributed by atoms with E-state index in [9.17, 15) is 9.59 Å². The van der Waals surface area contributed by atoms with Gasteiger partial charge >= 0.3 is 0 Å². The van der Waals surface area contributed by atoms with Crippen LogP contribution in [-0.4, -0.2) is 21.6 Å². The molecule has 18 heavy (non-hydrogen) atoms. The van der Waals surface area contributed by atoms with E-state index in [-0.39, 0.29) is 23.7 Å². The summed E-state index contributed by atoms with van der Waals surface area (Å²) in [4.78, 5) is 23.4. The Morgan fingerprint density at radius 2 is 2.17 bits per heavy atom. The van der Waals surface area contributed by atoms with Crippen molar-refractivity contribution >= 4 is 11.8 Å². The summed E-state index contributed by atoms with van der Waals surface area (Å²) in [7, 11) is 1.87. The average molecular weight is 249 g/mol. The lowest BCUT2D eigenvalue weighted by Gasteiger charge is -2.29. The minimum absolute atomic E-state index is 0.0279. The van der Waals surface area contributed by atoms with E-state index in [1.165, 1.54) is 0 Å². The van der Waals surface area contributed by atoms with Crippen molar-refractivity contribution < 1.29 is 9.59 Å². The molecule has 5 heteroatoms. The lowest BCUT2D eigenvalue weighted by molar-refractivity contribution is -0.137. The van der Waals surface area contributed by atoms with Crippen LogP contribution in [0.5, 0.6) is 0 Å². The molecule has 0 saturated carbocycles. The van der Waals surface area contributed by atoms with E-state index in [2.05, 4.69) is 10.4 Å². The Morgan fingerprint density at radius 1 is 1.44 bits per heavy atom. The van der Waals surface area contributed by atoms with Crippen LogP contribution in [0.4, 0.5) is 0 Å². The number of imide groups is 1. The monoisotopic (exact) mass is 249 g/mol. The maximum Gasteiger partial charge on any atom is 0.230 e. The Kier molecular flexibility index (Phi) is 3.50. The molecule has 0 bridgehead atoms. The highest BCUT2D eigenvalue weighted by Gasteiger charge is 2.37. The highest BCUT2D eigenvalue weighted by molar-refractivity contribution is 5.99. The van der Waals surface area contributed by atoms with E-state index >= 15 is 0 Å². The van der Waals surface area contributed by atoms with Crippen molar-refractivity contribution in [3.8, 4) is 0 Å². The molecule has 1 fully saturated rings. The number of nitrogens with zero attached hydrogens (tertiary/aromatic N) is 2. The molecule has 2 heterocycles. The molecular formula is C13H19N3O2. The van der Waals surface area contributed by atoms with Crippen LogP contribution in [0.2, 0.25) is 0 Å².